The molecule has 1 unspecified atom stereocenters. The lowest BCUT2D eigenvalue weighted by molar-refractivity contribution is 0.585. The Bertz CT molecular complexity index is 950. The lowest BCUT2D eigenvalue weighted by Gasteiger charge is -2.21. The summed E-state index contributed by atoms with van der Waals surface area (Å²) in [5.41, 5.74) is 2.85. The van der Waals surface area contributed by atoms with Crippen LogP contribution in [0.5, 0.6) is 0 Å². The maximum absolute atomic E-state index is 13.1. The second-order valence-electron chi connectivity index (χ2n) is 7.43. The van der Waals surface area contributed by atoms with Crippen molar-refractivity contribution in [3.8, 4) is 5.69 Å². The molecule has 1 heterocycles. The largest absolute Gasteiger partial charge is 0.311 e. The quantitative estimate of drug-likeness (QED) is 0.788. The summed E-state index contributed by atoms with van der Waals surface area (Å²) in [4.78, 5) is 17.9. The van der Waals surface area contributed by atoms with Crippen molar-refractivity contribution >= 4 is 10.9 Å². The highest BCUT2D eigenvalue weighted by molar-refractivity contribution is 5.77. The van der Waals surface area contributed by atoms with Crippen molar-refractivity contribution in [2.75, 3.05) is 7.05 Å². The summed E-state index contributed by atoms with van der Waals surface area (Å²) in [6.07, 6.45) is 0. The van der Waals surface area contributed by atoms with Gasteiger partial charge in [-0.3, -0.25) is 9.36 Å². The molecule has 0 bridgehead atoms. The average Bonchev–Trinajstić information content (AvgIpc) is 2.60. The Hall–Kier alpha value is -2.46. The van der Waals surface area contributed by atoms with Gasteiger partial charge in [-0.15, -0.1) is 0 Å². The molecule has 0 spiro atoms. The Morgan fingerprint density at radius 1 is 1.04 bits per heavy atom. The van der Waals surface area contributed by atoms with Gasteiger partial charge in [0.2, 0.25) is 0 Å². The molecule has 2 aromatic carbocycles. The summed E-state index contributed by atoms with van der Waals surface area (Å²) in [7, 11) is 1.87. The molecule has 3 rings (SSSR count). The molecule has 0 aliphatic rings. The maximum atomic E-state index is 13.1. The van der Waals surface area contributed by atoms with Gasteiger partial charge in [0.25, 0.3) is 5.56 Å². The fourth-order valence-corrected chi connectivity index (χ4v) is 2.93. The highest BCUT2D eigenvalue weighted by Crippen LogP contribution is 2.24. The Balaban J connectivity index is 2.27. The van der Waals surface area contributed by atoms with Crippen LogP contribution in [-0.4, -0.2) is 16.6 Å². The standard InChI is InChI=1S/C21H25N3O/c1-14(22-5)19-23-18-9-7-6-8-17(18)20(25)24(19)16-12-10-15(11-13-16)21(2,3)4/h6-14,22H,1-5H3. The third-order valence-corrected chi connectivity index (χ3v) is 4.61. The van der Waals surface area contributed by atoms with Gasteiger partial charge in [-0.25, -0.2) is 4.98 Å². The minimum absolute atomic E-state index is 0.0359. The van der Waals surface area contributed by atoms with Crippen LogP contribution in [0.1, 0.15) is 45.1 Å². The number of para-hydroxylation sites is 1. The first-order valence-corrected chi connectivity index (χ1v) is 8.63. The molecule has 1 atom stereocenters. The van der Waals surface area contributed by atoms with Crippen LogP contribution in [-0.2, 0) is 5.41 Å². The number of hydrogen-bond acceptors (Lipinski definition) is 3. The molecule has 1 aromatic heterocycles. The number of hydrogen-bond donors (Lipinski definition) is 1. The van der Waals surface area contributed by atoms with Gasteiger partial charge in [-0.2, -0.15) is 0 Å². The van der Waals surface area contributed by atoms with Gasteiger partial charge in [0.05, 0.1) is 22.6 Å². The van der Waals surface area contributed by atoms with Gasteiger partial charge >= 0.3 is 0 Å². The highest BCUT2D eigenvalue weighted by atomic mass is 16.1. The molecule has 0 saturated heterocycles. The number of fused-ring (bicyclic) bond motifs is 1. The van der Waals surface area contributed by atoms with Gasteiger partial charge in [-0.05, 0) is 49.2 Å². The van der Waals surface area contributed by atoms with Gasteiger partial charge in [0.1, 0.15) is 5.82 Å². The van der Waals surface area contributed by atoms with Crippen LogP contribution < -0.4 is 10.9 Å². The lowest BCUT2D eigenvalue weighted by atomic mass is 9.87. The third-order valence-electron chi connectivity index (χ3n) is 4.61. The zero-order chi connectivity index (χ0) is 18.2. The maximum Gasteiger partial charge on any atom is 0.266 e. The minimum Gasteiger partial charge on any atom is -0.311 e. The Morgan fingerprint density at radius 2 is 1.68 bits per heavy atom. The SMILES string of the molecule is CNC(C)c1nc2ccccc2c(=O)n1-c1ccc(C(C)(C)C)cc1. The second-order valence-corrected chi connectivity index (χ2v) is 7.43. The van der Waals surface area contributed by atoms with E-state index in [4.69, 9.17) is 4.98 Å². The molecular weight excluding hydrogens is 310 g/mol. The predicted molar refractivity (Wildman–Crippen MR) is 104 cm³/mol. The summed E-state index contributed by atoms with van der Waals surface area (Å²) >= 11 is 0. The summed E-state index contributed by atoms with van der Waals surface area (Å²) in [6.45, 7) is 8.55. The molecule has 0 fully saturated rings. The number of rotatable bonds is 3. The van der Waals surface area contributed by atoms with Crippen molar-refractivity contribution in [2.45, 2.75) is 39.2 Å². The van der Waals surface area contributed by atoms with Crippen LogP contribution in [0.15, 0.2) is 53.3 Å². The molecule has 0 radical (unpaired) electrons. The van der Waals surface area contributed by atoms with E-state index in [0.29, 0.717) is 5.39 Å². The number of nitrogens with zero attached hydrogens (tertiary/aromatic N) is 2. The topological polar surface area (TPSA) is 46.9 Å². The smallest absolute Gasteiger partial charge is 0.266 e. The van der Waals surface area contributed by atoms with Crippen molar-refractivity contribution < 1.29 is 0 Å². The van der Waals surface area contributed by atoms with E-state index in [-0.39, 0.29) is 17.0 Å². The van der Waals surface area contributed by atoms with E-state index in [2.05, 4.69) is 38.2 Å². The Morgan fingerprint density at radius 3 is 2.28 bits per heavy atom. The van der Waals surface area contributed by atoms with Crippen LogP contribution in [0.25, 0.3) is 16.6 Å². The number of aromatic nitrogens is 2. The van der Waals surface area contributed by atoms with E-state index in [1.165, 1.54) is 5.56 Å². The zero-order valence-corrected chi connectivity index (χ0v) is 15.5. The minimum atomic E-state index is -0.0420. The van der Waals surface area contributed by atoms with E-state index < -0.39 is 0 Å². The van der Waals surface area contributed by atoms with Gasteiger partial charge < -0.3 is 5.32 Å². The van der Waals surface area contributed by atoms with E-state index in [9.17, 15) is 4.79 Å². The summed E-state index contributed by atoms with van der Waals surface area (Å²) < 4.78 is 1.72. The van der Waals surface area contributed by atoms with Crippen LogP contribution in [0, 0.1) is 0 Å². The average molecular weight is 335 g/mol. The Kier molecular flexibility index (Phi) is 4.48. The van der Waals surface area contributed by atoms with Crippen molar-refractivity contribution in [1.82, 2.24) is 14.9 Å². The molecule has 1 N–H and O–H groups in total. The molecule has 130 valence electrons. The Labute approximate surface area is 148 Å². The number of nitrogens with one attached hydrogen (secondary N) is 1. The van der Waals surface area contributed by atoms with Gasteiger partial charge in [0, 0.05) is 0 Å². The van der Waals surface area contributed by atoms with E-state index in [1.807, 2.05) is 50.4 Å². The second kappa shape index (κ2) is 6.45. The summed E-state index contributed by atoms with van der Waals surface area (Å²) in [6, 6.07) is 15.6. The molecule has 0 saturated carbocycles. The van der Waals surface area contributed by atoms with E-state index >= 15 is 0 Å². The molecule has 0 amide bonds. The molecule has 25 heavy (non-hydrogen) atoms. The van der Waals surface area contributed by atoms with Crippen molar-refractivity contribution in [1.29, 1.82) is 0 Å². The third kappa shape index (κ3) is 3.22. The van der Waals surface area contributed by atoms with Crippen LogP contribution in [0.3, 0.4) is 0 Å². The highest BCUT2D eigenvalue weighted by Gasteiger charge is 2.18. The zero-order valence-electron chi connectivity index (χ0n) is 15.5. The molecule has 4 nitrogen and oxygen atoms in total. The molecular formula is C21H25N3O. The van der Waals surface area contributed by atoms with Crippen molar-refractivity contribution in [2.24, 2.45) is 0 Å². The lowest BCUT2D eigenvalue weighted by Crippen LogP contribution is -2.28. The van der Waals surface area contributed by atoms with Crippen molar-refractivity contribution in [3.05, 3.63) is 70.3 Å². The monoisotopic (exact) mass is 335 g/mol. The fourth-order valence-electron chi connectivity index (χ4n) is 2.93. The molecule has 0 aliphatic carbocycles. The predicted octanol–water partition coefficient (Wildman–Crippen LogP) is 3.96. The first kappa shape index (κ1) is 17.4. The van der Waals surface area contributed by atoms with E-state index in [1.54, 1.807) is 4.57 Å². The summed E-state index contributed by atoms with van der Waals surface area (Å²) in [5.74, 6) is 0.717. The first-order valence-electron chi connectivity index (χ1n) is 8.63. The van der Waals surface area contributed by atoms with E-state index in [0.717, 1.165) is 17.0 Å². The van der Waals surface area contributed by atoms with Gasteiger partial charge in [-0.1, -0.05) is 45.0 Å². The van der Waals surface area contributed by atoms with Crippen LogP contribution >= 0.6 is 0 Å². The normalized spacial score (nSPS) is 13.2. The molecule has 4 heteroatoms. The van der Waals surface area contributed by atoms with Crippen LogP contribution in [0.4, 0.5) is 0 Å². The first-order chi connectivity index (χ1) is 11.8. The number of benzene rings is 2. The van der Waals surface area contributed by atoms with Crippen molar-refractivity contribution in [3.63, 3.8) is 0 Å². The van der Waals surface area contributed by atoms with Gasteiger partial charge in [0.15, 0.2) is 0 Å². The fraction of sp³-hybridized carbons (Fsp3) is 0.333. The molecule has 0 aliphatic heterocycles. The molecule has 3 aromatic rings. The summed E-state index contributed by atoms with van der Waals surface area (Å²) in [5, 5.41) is 3.83. The van der Waals surface area contributed by atoms with Crippen LogP contribution in [0.2, 0.25) is 0 Å².